The average molecular weight is 260 g/mol. The quantitative estimate of drug-likeness (QED) is 0.867. The van der Waals surface area contributed by atoms with E-state index in [2.05, 4.69) is 10.3 Å². The highest BCUT2D eigenvalue weighted by atomic mass is 16.5. The Hall–Kier alpha value is -1.81. The van der Waals surface area contributed by atoms with Crippen LogP contribution in [0.2, 0.25) is 0 Å². The predicted molar refractivity (Wildman–Crippen MR) is 74.0 cm³/mol. The van der Waals surface area contributed by atoms with Gasteiger partial charge in [0.25, 0.3) is 0 Å². The molecule has 0 aromatic carbocycles. The van der Waals surface area contributed by atoms with Crippen LogP contribution in [0.15, 0.2) is 35.1 Å². The van der Waals surface area contributed by atoms with Crippen molar-refractivity contribution in [1.82, 2.24) is 10.3 Å². The van der Waals surface area contributed by atoms with Crippen LogP contribution < -0.4 is 10.1 Å². The van der Waals surface area contributed by atoms with Gasteiger partial charge in [-0.15, -0.1) is 0 Å². The molecule has 0 saturated carbocycles. The van der Waals surface area contributed by atoms with Crippen molar-refractivity contribution in [3.63, 3.8) is 0 Å². The van der Waals surface area contributed by atoms with Crippen molar-refractivity contribution in [3.05, 3.63) is 47.5 Å². The zero-order chi connectivity index (χ0) is 13.7. The lowest BCUT2D eigenvalue weighted by molar-refractivity contribution is 0.229. The number of aryl methyl sites for hydroxylation is 1. The van der Waals surface area contributed by atoms with Crippen LogP contribution in [0.25, 0.3) is 0 Å². The Morgan fingerprint density at radius 1 is 1.32 bits per heavy atom. The molecule has 2 aromatic heterocycles. The van der Waals surface area contributed by atoms with E-state index in [4.69, 9.17) is 9.15 Å². The lowest BCUT2D eigenvalue weighted by Crippen LogP contribution is -2.15. The van der Waals surface area contributed by atoms with Crippen molar-refractivity contribution in [3.8, 4) is 5.88 Å². The van der Waals surface area contributed by atoms with Crippen LogP contribution in [-0.2, 0) is 13.1 Å². The molecule has 19 heavy (non-hydrogen) atoms. The Bertz CT molecular complexity index is 520. The van der Waals surface area contributed by atoms with E-state index in [0.29, 0.717) is 19.0 Å². The number of pyridine rings is 1. The first-order valence-electron chi connectivity index (χ1n) is 6.51. The number of ether oxygens (including phenoxy) is 1. The molecule has 0 radical (unpaired) electrons. The van der Waals surface area contributed by atoms with Gasteiger partial charge in [-0.2, -0.15) is 0 Å². The van der Waals surface area contributed by atoms with Crippen LogP contribution in [-0.4, -0.2) is 11.1 Å². The molecular weight excluding hydrogens is 240 g/mol. The maximum Gasteiger partial charge on any atom is 0.218 e. The van der Waals surface area contributed by atoms with Gasteiger partial charge in [-0.25, -0.2) is 4.98 Å². The van der Waals surface area contributed by atoms with Crippen LogP contribution >= 0.6 is 0 Å². The summed E-state index contributed by atoms with van der Waals surface area (Å²) >= 11 is 0. The topological polar surface area (TPSA) is 47.3 Å². The summed E-state index contributed by atoms with van der Waals surface area (Å²) < 4.78 is 11.1. The SMILES string of the molecule is Cc1ccoc1CNCc1cccnc1OC(C)C. The van der Waals surface area contributed by atoms with Crippen molar-refractivity contribution in [1.29, 1.82) is 0 Å². The molecule has 0 unspecified atom stereocenters. The minimum Gasteiger partial charge on any atom is -0.475 e. The average Bonchev–Trinajstić information content (AvgIpc) is 2.77. The molecule has 0 aliphatic heterocycles. The molecule has 0 atom stereocenters. The molecule has 1 N–H and O–H groups in total. The minimum absolute atomic E-state index is 0.126. The number of nitrogens with zero attached hydrogens (tertiary/aromatic N) is 1. The summed E-state index contributed by atoms with van der Waals surface area (Å²) in [5.41, 5.74) is 2.22. The van der Waals surface area contributed by atoms with E-state index in [0.717, 1.165) is 16.9 Å². The molecule has 0 amide bonds. The molecule has 102 valence electrons. The van der Waals surface area contributed by atoms with Gasteiger partial charge in [0.2, 0.25) is 5.88 Å². The zero-order valence-corrected chi connectivity index (χ0v) is 11.6. The van der Waals surface area contributed by atoms with Gasteiger partial charge >= 0.3 is 0 Å². The summed E-state index contributed by atoms with van der Waals surface area (Å²) in [5, 5.41) is 3.34. The van der Waals surface area contributed by atoms with Gasteiger partial charge in [-0.3, -0.25) is 0 Å². The number of hydrogen-bond acceptors (Lipinski definition) is 4. The third-order valence-electron chi connectivity index (χ3n) is 2.77. The van der Waals surface area contributed by atoms with E-state index in [9.17, 15) is 0 Å². The molecule has 4 heteroatoms. The van der Waals surface area contributed by atoms with Gasteiger partial charge in [-0.05, 0) is 38.5 Å². The third-order valence-corrected chi connectivity index (χ3v) is 2.77. The summed E-state index contributed by atoms with van der Waals surface area (Å²) in [5.74, 6) is 1.66. The molecule has 0 bridgehead atoms. The van der Waals surface area contributed by atoms with E-state index in [1.807, 2.05) is 39.0 Å². The highest BCUT2D eigenvalue weighted by molar-refractivity contribution is 5.25. The number of furan rings is 1. The van der Waals surface area contributed by atoms with Crippen LogP contribution in [0.5, 0.6) is 5.88 Å². The largest absolute Gasteiger partial charge is 0.475 e. The lowest BCUT2D eigenvalue weighted by Gasteiger charge is -2.13. The highest BCUT2D eigenvalue weighted by Crippen LogP contribution is 2.16. The van der Waals surface area contributed by atoms with Crippen molar-refractivity contribution in [2.24, 2.45) is 0 Å². The Kier molecular flexibility index (Phi) is 4.58. The highest BCUT2D eigenvalue weighted by Gasteiger charge is 2.07. The Morgan fingerprint density at radius 3 is 2.84 bits per heavy atom. The van der Waals surface area contributed by atoms with E-state index >= 15 is 0 Å². The van der Waals surface area contributed by atoms with Crippen LogP contribution in [0.1, 0.15) is 30.7 Å². The fourth-order valence-corrected chi connectivity index (χ4v) is 1.78. The minimum atomic E-state index is 0.126. The normalized spacial score (nSPS) is 10.9. The fraction of sp³-hybridized carbons (Fsp3) is 0.400. The predicted octanol–water partition coefficient (Wildman–Crippen LogP) is 3.06. The Labute approximate surface area is 113 Å². The van der Waals surface area contributed by atoms with Crippen LogP contribution in [0, 0.1) is 6.92 Å². The zero-order valence-electron chi connectivity index (χ0n) is 11.6. The first-order valence-corrected chi connectivity index (χ1v) is 6.51. The molecule has 0 aliphatic rings. The van der Waals surface area contributed by atoms with Gasteiger partial charge in [0, 0.05) is 18.3 Å². The van der Waals surface area contributed by atoms with Gasteiger partial charge in [0.05, 0.1) is 18.9 Å². The van der Waals surface area contributed by atoms with Crippen molar-refractivity contribution in [2.45, 2.75) is 40.0 Å². The lowest BCUT2D eigenvalue weighted by atomic mass is 10.2. The van der Waals surface area contributed by atoms with E-state index < -0.39 is 0 Å². The second-order valence-electron chi connectivity index (χ2n) is 4.76. The standard InChI is InChI=1S/C15H20N2O2/c1-11(2)19-15-13(5-4-7-17-15)9-16-10-14-12(3)6-8-18-14/h4-8,11,16H,9-10H2,1-3H3. The number of rotatable bonds is 6. The number of aromatic nitrogens is 1. The monoisotopic (exact) mass is 260 g/mol. The summed E-state index contributed by atoms with van der Waals surface area (Å²) in [6, 6.07) is 5.91. The molecule has 0 fully saturated rings. The molecule has 2 heterocycles. The number of nitrogens with one attached hydrogen (secondary N) is 1. The van der Waals surface area contributed by atoms with Crippen molar-refractivity contribution < 1.29 is 9.15 Å². The first-order chi connectivity index (χ1) is 9.16. The Balaban J connectivity index is 1.94. The molecule has 2 rings (SSSR count). The van der Waals surface area contributed by atoms with Crippen LogP contribution in [0.3, 0.4) is 0 Å². The van der Waals surface area contributed by atoms with Gasteiger partial charge in [0.1, 0.15) is 5.76 Å². The molecule has 0 saturated heterocycles. The second kappa shape index (κ2) is 6.38. The molecule has 0 aliphatic carbocycles. The summed E-state index contributed by atoms with van der Waals surface area (Å²) in [7, 11) is 0. The summed E-state index contributed by atoms with van der Waals surface area (Å²) in [6.45, 7) is 7.44. The van der Waals surface area contributed by atoms with Gasteiger partial charge in [-0.1, -0.05) is 6.07 Å². The third kappa shape index (κ3) is 3.83. The van der Waals surface area contributed by atoms with Crippen LogP contribution in [0.4, 0.5) is 0 Å². The maximum atomic E-state index is 5.68. The first kappa shape index (κ1) is 13.6. The second-order valence-corrected chi connectivity index (χ2v) is 4.76. The molecule has 4 nitrogen and oxygen atoms in total. The van der Waals surface area contributed by atoms with E-state index in [1.165, 1.54) is 0 Å². The molecule has 0 spiro atoms. The van der Waals surface area contributed by atoms with Gasteiger partial charge < -0.3 is 14.5 Å². The fourth-order valence-electron chi connectivity index (χ4n) is 1.78. The smallest absolute Gasteiger partial charge is 0.218 e. The molecule has 2 aromatic rings. The summed E-state index contributed by atoms with van der Waals surface area (Å²) in [4.78, 5) is 4.27. The molecular formula is C15H20N2O2. The van der Waals surface area contributed by atoms with Gasteiger partial charge in [0.15, 0.2) is 0 Å². The van der Waals surface area contributed by atoms with E-state index in [1.54, 1.807) is 12.5 Å². The van der Waals surface area contributed by atoms with Crippen molar-refractivity contribution in [2.75, 3.05) is 0 Å². The van der Waals surface area contributed by atoms with E-state index in [-0.39, 0.29) is 6.10 Å². The number of hydrogen-bond donors (Lipinski definition) is 1. The summed E-state index contributed by atoms with van der Waals surface area (Å²) in [6.07, 6.45) is 3.59. The van der Waals surface area contributed by atoms with Crippen molar-refractivity contribution >= 4 is 0 Å². The maximum absolute atomic E-state index is 5.68. The Morgan fingerprint density at radius 2 is 2.16 bits per heavy atom.